The van der Waals surface area contributed by atoms with Gasteiger partial charge in [-0.05, 0) is 40.3 Å². The summed E-state index contributed by atoms with van der Waals surface area (Å²) in [6, 6.07) is 25.6. The van der Waals surface area contributed by atoms with Crippen molar-refractivity contribution in [2.24, 2.45) is 5.92 Å². The van der Waals surface area contributed by atoms with Crippen molar-refractivity contribution in [3.05, 3.63) is 107 Å². The molecule has 3 aromatic carbocycles. The highest BCUT2D eigenvalue weighted by Gasteiger charge is 2.24. The summed E-state index contributed by atoms with van der Waals surface area (Å²) in [5.74, 6) is -0.0329. The number of carboxylic acid groups (broad SMARTS) is 1. The number of tetrazole rings is 1. The van der Waals surface area contributed by atoms with Crippen LogP contribution in [0.25, 0.3) is 22.5 Å². The fourth-order valence-corrected chi connectivity index (χ4v) is 5.54. The Balaban J connectivity index is 1.37. The van der Waals surface area contributed by atoms with E-state index in [2.05, 4.69) is 45.5 Å². The Hall–Kier alpha value is -4.77. The molecule has 226 valence electrons. The topological polar surface area (TPSA) is 139 Å². The average Bonchev–Trinajstić information content (AvgIpc) is 3.71. The number of carboxylic acids is 1. The number of carbonyl (C=O) groups is 2. The monoisotopic (exact) mass is 609 g/mol. The van der Waals surface area contributed by atoms with Crippen molar-refractivity contribution in [3.63, 3.8) is 0 Å². The van der Waals surface area contributed by atoms with Crippen LogP contribution in [0.2, 0.25) is 0 Å². The lowest BCUT2D eigenvalue weighted by molar-refractivity contribution is -0.124. The number of aromatic amines is 1. The number of carbonyl (C=O) groups excluding carboxylic acids is 1. The number of thiol groups is 1. The zero-order valence-corrected chi connectivity index (χ0v) is 25.4. The third-order valence-corrected chi connectivity index (χ3v) is 7.98. The number of hydrogen-bond donors (Lipinski definition) is 4. The number of nitrogens with one attached hydrogen (secondary N) is 2. The third-order valence-electron chi connectivity index (χ3n) is 7.54. The Morgan fingerprint density at radius 1 is 0.977 bits per heavy atom. The van der Waals surface area contributed by atoms with Gasteiger partial charge in [-0.2, -0.15) is 17.8 Å². The van der Waals surface area contributed by atoms with E-state index >= 15 is 0 Å². The van der Waals surface area contributed by atoms with Crippen LogP contribution < -0.4 is 5.32 Å². The van der Waals surface area contributed by atoms with Gasteiger partial charge in [0.2, 0.25) is 11.7 Å². The van der Waals surface area contributed by atoms with Crippen molar-refractivity contribution < 1.29 is 14.7 Å². The first-order valence-electron chi connectivity index (χ1n) is 14.6. The van der Waals surface area contributed by atoms with E-state index in [4.69, 9.17) is 4.98 Å². The van der Waals surface area contributed by atoms with Crippen LogP contribution in [0.4, 0.5) is 0 Å². The van der Waals surface area contributed by atoms with Crippen LogP contribution in [0.5, 0.6) is 0 Å². The number of unbranched alkanes of at least 4 members (excludes halogenated alkanes) is 1. The quantitative estimate of drug-likeness (QED) is 0.127. The molecule has 0 aliphatic heterocycles. The Labute approximate surface area is 261 Å². The number of aromatic carboxylic acids is 1. The van der Waals surface area contributed by atoms with Gasteiger partial charge in [-0.25, -0.2) is 9.78 Å². The van der Waals surface area contributed by atoms with Crippen LogP contribution in [0, 0.1) is 5.92 Å². The summed E-state index contributed by atoms with van der Waals surface area (Å²) in [6.45, 7) is 2.45. The summed E-state index contributed by atoms with van der Waals surface area (Å²) in [7, 11) is 0. The van der Waals surface area contributed by atoms with Crippen LogP contribution >= 0.6 is 12.6 Å². The molecule has 1 amide bonds. The van der Waals surface area contributed by atoms with E-state index in [1.165, 1.54) is 0 Å². The summed E-state index contributed by atoms with van der Waals surface area (Å²) in [5, 5.41) is 27.6. The van der Waals surface area contributed by atoms with Gasteiger partial charge < -0.3 is 15.0 Å². The summed E-state index contributed by atoms with van der Waals surface area (Å²) >= 11 is 4.40. The maximum absolute atomic E-state index is 13.1. The Bertz CT molecular complexity index is 1690. The molecule has 0 fully saturated rings. The molecule has 0 bridgehead atoms. The molecule has 0 aliphatic carbocycles. The fourth-order valence-electron chi connectivity index (χ4n) is 5.24. The van der Waals surface area contributed by atoms with E-state index in [0.717, 1.165) is 40.7 Å². The first-order chi connectivity index (χ1) is 21.5. The first-order valence-corrected chi connectivity index (χ1v) is 15.3. The molecule has 2 heterocycles. The van der Waals surface area contributed by atoms with Crippen LogP contribution in [0.1, 0.15) is 52.9 Å². The lowest BCUT2D eigenvalue weighted by Crippen LogP contribution is -2.33. The number of imidazole rings is 1. The molecular weight excluding hydrogens is 574 g/mol. The van der Waals surface area contributed by atoms with Crippen LogP contribution in [-0.4, -0.2) is 52.9 Å². The molecule has 0 aliphatic rings. The lowest BCUT2D eigenvalue weighted by Gasteiger charge is -2.15. The maximum Gasteiger partial charge on any atom is 0.354 e. The van der Waals surface area contributed by atoms with Gasteiger partial charge in [0, 0.05) is 24.3 Å². The number of nitrogens with zero attached hydrogens (tertiary/aromatic N) is 5. The molecule has 5 rings (SSSR count). The summed E-state index contributed by atoms with van der Waals surface area (Å²) < 4.78 is 1.77. The Kier molecular flexibility index (Phi) is 10.2. The zero-order chi connectivity index (χ0) is 30.9. The van der Waals surface area contributed by atoms with Crippen molar-refractivity contribution >= 4 is 24.5 Å². The fraction of sp³-hybridized carbons (Fsp3) is 0.273. The highest BCUT2D eigenvalue weighted by atomic mass is 32.1. The SMILES string of the molecule is CCCCc1nc(CNC(=O)C(CS)Cc2ccccc2)c(C(=O)O)n1Cc1ccc(-c2ccccc2-c2nn[nH]n2)cc1. The van der Waals surface area contributed by atoms with E-state index < -0.39 is 5.97 Å². The van der Waals surface area contributed by atoms with Crippen molar-refractivity contribution in [2.45, 2.75) is 45.7 Å². The van der Waals surface area contributed by atoms with E-state index in [-0.39, 0.29) is 24.1 Å². The third kappa shape index (κ3) is 7.23. The van der Waals surface area contributed by atoms with Gasteiger partial charge >= 0.3 is 5.97 Å². The normalized spacial score (nSPS) is 11.8. The molecular formula is C33H35N7O3S. The number of benzene rings is 3. The molecule has 0 saturated heterocycles. The van der Waals surface area contributed by atoms with Gasteiger partial charge in [-0.15, -0.1) is 10.2 Å². The predicted molar refractivity (Wildman–Crippen MR) is 171 cm³/mol. The highest BCUT2D eigenvalue weighted by Crippen LogP contribution is 2.30. The minimum absolute atomic E-state index is 0.0253. The summed E-state index contributed by atoms with van der Waals surface area (Å²) in [4.78, 5) is 30.4. The van der Waals surface area contributed by atoms with E-state index in [9.17, 15) is 14.7 Å². The maximum atomic E-state index is 13.1. The number of hydrogen-bond acceptors (Lipinski definition) is 7. The van der Waals surface area contributed by atoms with Crippen molar-refractivity contribution in [1.82, 2.24) is 35.5 Å². The van der Waals surface area contributed by atoms with E-state index in [1.54, 1.807) is 4.57 Å². The molecule has 10 nitrogen and oxygen atoms in total. The molecule has 0 spiro atoms. The second-order valence-electron chi connectivity index (χ2n) is 10.6. The molecule has 1 unspecified atom stereocenters. The first kappa shape index (κ1) is 30.7. The second-order valence-corrected chi connectivity index (χ2v) is 10.9. The number of aromatic nitrogens is 6. The second kappa shape index (κ2) is 14.6. The number of rotatable bonds is 14. The minimum atomic E-state index is -1.08. The molecule has 2 aromatic heterocycles. The molecule has 11 heteroatoms. The number of aryl methyl sites for hydroxylation is 1. The van der Waals surface area contributed by atoms with Gasteiger partial charge in [-0.1, -0.05) is 92.2 Å². The van der Waals surface area contributed by atoms with Gasteiger partial charge in [0.25, 0.3) is 0 Å². The van der Waals surface area contributed by atoms with Gasteiger partial charge in [0.1, 0.15) is 5.82 Å². The van der Waals surface area contributed by atoms with Crippen LogP contribution in [0.15, 0.2) is 78.9 Å². The van der Waals surface area contributed by atoms with E-state index in [1.807, 2.05) is 78.9 Å². The van der Waals surface area contributed by atoms with Crippen molar-refractivity contribution in [2.75, 3.05) is 5.75 Å². The van der Waals surface area contributed by atoms with Crippen molar-refractivity contribution in [1.29, 1.82) is 0 Å². The molecule has 44 heavy (non-hydrogen) atoms. The summed E-state index contributed by atoms with van der Waals surface area (Å²) in [6.07, 6.45) is 2.99. The lowest BCUT2D eigenvalue weighted by atomic mass is 9.98. The largest absolute Gasteiger partial charge is 0.477 e. The molecule has 1 atom stereocenters. The van der Waals surface area contributed by atoms with E-state index in [0.29, 0.717) is 42.5 Å². The Morgan fingerprint density at radius 2 is 1.70 bits per heavy atom. The molecule has 5 aromatic rings. The number of amides is 1. The Morgan fingerprint density at radius 3 is 2.36 bits per heavy atom. The number of H-pyrrole nitrogens is 1. The van der Waals surface area contributed by atoms with Crippen LogP contribution in [-0.2, 0) is 30.7 Å². The average molecular weight is 610 g/mol. The highest BCUT2D eigenvalue weighted by molar-refractivity contribution is 7.80. The predicted octanol–water partition coefficient (Wildman–Crippen LogP) is 5.22. The van der Waals surface area contributed by atoms with Gasteiger partial charge in [-0.3, -0.25) is 4.79 Å². The smallest absolute Gasteiger partial charge is 0.354 e. The standard InChI is InChI=1S/C33H35N7O3S/c1-2-3-13-29-35-28(19-34-32(41)25(21-44)18-22-9-5-4-6-10-22)30(33(42)43)40(29)20-23-14-16-24(17-15-23)26-11-7-8-12-27(26)31-36-38-39-37-31/h4-12,14-17,25,44H,2-3,13,18-21H2,1H3,(H,34,41)(H,42,43)(H,36,37,38,39). The van der Waals surface area contributed by atoms with Gasteiger partial charge in [0.05, 0.1) is 18.2 Å². The van der Waals surface area contributed by atoms with Crippen molar-refractivity contribution in [3.8, 4) is 22.5 Å². The summed E-state index contributed by atoms with van der Waals surface area (Å²) in [5.41, 5.74) is 5.20. The van der Waals surface area contributed by atoms with Gasteiger partial charge in [0.15, 0.2) is 5.69 Å². The zero-order valence-electron chi connectivity index (χ0n) is 24.5. The molecule has 0 saturated carbocycles. The molecule has 3 N–H and O–H groups in total. The minimum Gasteiger partial charge on any atom is -0.477 e. The molecule has 0 radical (unpaired) electrons. The van der Waals surface area contributed by atoms with Crippen LogP contribution in [0.3, 0.4) is 0 Å².